The van der Waals surface area contributed by atoms with Crippen LogP contribution in [0.25, 0.3) is 0 Å². The van der Waals surface area contributed by atoms with Crippen molar-refractivity contribution < 1.29 is 9.90 Å². The molecular weight excluding hydrogens is 240 g/mol. The monoisotopic (exact) mass is 268 g/mol. The first-order valence-corrected chi connectivity index (χ1v) is 7.71. The Balaban J connectivity index is 1.81. The molecule has 0 aromatic carbocycles. The largest absolute Gasteiger partial charge is 0.393 e. The van der Waals surface area contributed by atoms with Gasteiger partial charge in [0.2, 0.25) is 5.91 Å². The average molecular weight is 268 g/mol. The zero-order chi connectivity index (χ0) is 13.8. The number of aliphatic hydroxyl groups is 1. The van der Waals surface area contributed by atoms with E-state index in [0.29, 0.717) is 6.04 Å². The Morgan fingerprint density at radius 3 is 2.53 bits per heavy atom. The van der Waals surface area contributed by atoms with E-state index in [1.54, 1.807) is 0 Å². The molecule has 110 valence electrons. The van der Waals surface area contributed by atoms with E-state index >= 15 is 0 Å². The van der Waals surface area contributed by atoms with Crippen molar-refractivity contribution in [2.75, 3.05) is 27.2 Å². The van der Waals surface area contributed by atoms with Gasteiger partial charge in [-0.1, -0.05) is 6.42 Å². The first-order valence-electron chi connectivity index (χ1n) is 7.71. The predicted octanol–water partition coefficient (Wildman–Crippen LogP) is 1.48. The van der Waals surface area contributed by atoms with Crippen LogP contribution >= 0.6 is 0 Å². The second-order valence-corrected chi connectivity index (χ2v) is 6.35. The van der Waals surface area contributed by atoms with E-state index in [4.69, 9.17) is 0 Å². The Kier molecular flexibility index (Phi) is 5.22. The number of hydrogen-bond donors (Lipinski definition) is 1. The van der Waals surface area contributed by atoms with E-state index in [0.717, 1.165) is 38.8 Å². The van der Waals surface area contributed by atoms with Gasteiger partial charge in [-0.2, -0.15) is 0 Å². The molecule has 0 bridgehead atoms. The number of amides is 1. The molecule has 0 radical (unpaired) electrons. The van der Waals surface area contributed by atoms with Gasteiger partial charge in [0.05, 0.1) is 6.10 Å². The summed E-state index contributed by atoms with van der Waals surface area (Å²) in [4.78, 5) is 16.7. The summed E-state index contributed by atoms with van der Waals surface area (Å²) < 4.78 is 0. The fraction of sp³-hybridized carbons (Fsp3) is 0.933. The maximum atomic E-state index is 12.4. The van der Waals surface area contributed by atoms with E-state index < -0.39 is 0 Å². The van der Waals surface area contributed by atoms with Gasteiger partial charge >= 0.3 is 0 Å². The molecular formula is C15H28N2O2. The standard InChI is InChI=1S/C15H28N2O2/c1-16-10-4-3-5-13(16)11-17(2)15(19)12-6-8-14(18)9-7-12/h12-14,18H,3-11H2,1-2H3/t12?,13-,14?/m0/s1. The third-order valence-corrected chi connectivity index (χ3v) is 4.83. The maximum Gasteiger partial charge on any atom is 0.225 e. The highest BCUT2D eigenvalue weighted by Crippen LogP contribution is 2.26. The molecule has 1 aliphatic carbocycles. The third-order valence-electron chi connectivity index (χ3n) is 4.83. The fourth-order valence-electron chi connectivity index (χ4n) is 3.42. The first kappa shape index (κ1) is 14.8. The molecule has 1 amide bonds. The molecule has 19 heavy (non-hydrogen) atoms. The molecule has 1 N–H and O–H groups in total. The number of likely N-dealkylation sites (tertiary alicyclic amines) is 1. The molecule has 1 atom stereocenters. The predicted molar refractivity (Wildman–Crippen MR) is 75.9 cm³/mol. The van der Waals surface area contributed by atoms with E-state index in [1.807, 2.05) is 11.9 Å². The Hall–Kier alpha value is -0.610. The smallest absolute Gasteiger partial charge is 0.225 e. The lowest BCUT2D eigenvalue weighted by Gasteiger charge is -2.36. The summed E-state index contributed by atoms with van der Waals surface area (Å²) in [7, 11) is 4.11. The summed E-state index contributed by atoms with van der Waals surface area (Å²) in [5.74, 6) is 0.424. The number of carbonyl (C=O) groups excluding carboxylic acids is 1. The van der Waals surface area contributed by atoms with Crippen LogP contribution in [0, 0.1) is 5.92 Å². The van der Waals surface area contributed by atoms with Crippen LogP contribution in [0.1, 0.15) is 44.9 Å². The molecule has 2 rings (SSSR count). The average Bonchev–Trinajstić information content (AvgIpc) is 2.41. The van der Waals surface area contributed by atoms with Crippen molar-refractivity contribution in [3.8, 4) is 0 Å². The number of piperidine rings is 1. The lowest BCUT2D eigenvalue weighted by molar-refractivity contribution is -0.136. The van der Waals surface area contributed by atoms with Crippen LogP contribution in [-0.4, -0.2) is 60.1 Å². The molecule has 4 heteroatoms. The zero-order valence-electron chi connectivity index (χ0n) is 12.3. The number of rotatable bonds is 3. The van der Waals surface area contributed by atoms with E-state index in [1.165, 1.54) is 19.3 Å². The third kappa shape index (κ3) is 3.93. The van der Waals surface area contributed by atoms with Crippen molar-refractivity contribution in [2.24, 2.45) is 5.92 Å². The fourth-order valence-corrected chi connectivity index (χ4v) is 3.42. The van der Waals surface area contributed by atoms with E-state index in [2.05, 4.69) is 11.9 Å². The van der Waals surface area contributed by atoms with Crippen LogP contribution in [-0.2, 0) is 4.79 Å². The maximum absolute atomic E-state index is 12.4. The number of likely N-dealkylation sites (N-methyl/N-ethyl adjacent to an activating group) is 2. The van der Waals surface area contributed by atoms with Crippen molar-refractivity contribution in [1.82, 2.24) is 9.80 Å². The molecule has 1 heterocycles. The second-order valence-electron chi connectivity index (χ2n) is 6.35. The van der Waals surface area contributed by atoms with Gasteiger partial charge in [0, 0.05) is 25.6 Å². The lowest BCUT2D eigenvalue weighted by atomic mass is 9.86. The second kappa shape index (κ2) is 6.71. The summed E-state index contributed by atoms with van der Waals surface area (Å²) in [6.07, 6.45) is 6.87. The molecule has 1 aliphatic heterocycles. The quantitative estimate of drug-likeness (QED) is 0.843. The molecule has 4 nitrogen and oxygen atoms in total. The van der Waals surface area contributed by atoms with Gasteiger partial charge in [0.1, 0.15) is 0 Å². The minimum Gasteiger partial charge on any atom is -0.393 e. The van der Waals surface area contributed by atoms with Crippen LogP contribution in [0.2, 0.25) is 0 Å². The van der Waals surface area contributed by atoms with Crippen LogP contribution < -0.4 is 0 Å². The minimum atomic E-state index is -0.182. The van der Waals surface area contributed by atoms with Crippen molar-refractivity contribution >= 4 is 5.91 Å². The minimum absolute atomic E-state index is 0.141. The summed E-state index contributed by atoms with van der Waals surface area (Å²) in [6.45, 7) is 2.01. The molecule has 2 fully saturated rings. The Morgan fingerprint density at radius 2 is 1.89 bits per heavy atom. The summed E-state index contributed by atoms with van der Waals surface area (Å²) in [6, 6.07) is 0.525. The van der Waals surface area contributed by atoms with Crippen LogP contribution in [0.5, 0.6) is 0 Å². The molecule has 1 saturated carbocycles. The van der Waals surface area contributed by atoms with Crippen molar-refractivity contribution in [3.05, 3.63) is 0 Å². The molecule has 0 spiro atoms. The Bertz CT molecular complexity index is 301. The van der Waals surface area contributed by atoms with Crippen LogP contribution in [0.4, 0.5) is 0 Å². The van der Waals surface area contributed by atoms with Crippen LogP contribution in [0.15, 0.2) is 0 Å². The van der Waals surface area contributed by atoms with Gasteiger partial charge in [-0.15, -0.1) is 0 Å². The van der Waals surface area contributed by atoms with Gasteiger partial charge < -0.3 is 14.9 Å². The van der Waals surface area contributed by atoms with Gasteiger partial charge in [0.25, 0.3) is 0 Å². The number of aliphatic hydroxyl groups excluding tert-OH is 1. The molecule has 0 unspecified atom stereocenters. The highest BCUT2D eigenvalue weighted by atomic mass is 16.3. The summed E-state index contributed by atoms with van der Waals surface area (Å²) in [5.41, 5.74) is 0. The number of carbonyl (C=O) groups is 1. The van der Waals surface area contributed by atoms with Gasteiger partial charge in [0.15, 0.2) is 0 Å². The molecule has 1 saturated heterocycles. The SMILES string of the molecule is CN(C[C@@H]1CCCCN1C)C(=O)C1CCC(O)CC1. The Morgan fingerprint density at radius 1 is 1.21 bits per heavy atom. The van der Waals surface area contributed by atoms with Crippen molar-refractivity contribution in [2.45, 2.75) is 57.1 Å². The van der Waals surface area contributed by atoms with Crippen molar-refractivity contribution in [3.63, 3.8) is 0 Å². The van der Waals surface area contributed by atoms with Crippen molar-refractivity contribution in [1.29, 1.82) is 0 Å². The summed E-state index contributed by atoms with van der Waals surface area (Å²) >= 11 is 0. The molecule has 0 aromatic rings. The van der Waals surface area contributed by atoms with Gasteiger partial charge in [-0.05, 0) is 52.1 Å². The summed E-state index contributed by atoms with van der Waals surface area (Å²) in [5, 5.41) is 9.51. The van der Waals surface area contributed by atoms with Gasteiger partial charge in [-0.25, -0.2) is 0 Å². The first-order chi connectivity index (χ1) is 9.08. The van der Waals surface area contributed by atoms with Gasteiger partial charge in [-0.3, -0.25) is 4.79 Å². The van der Waals surface area contributed by atoms with E-state index in [9.17, 15) is 9.90 Å². The molecule has 2 aliphatic rings. The lowest BCUT2D eigenvalue weighted by Crippen LogP contribution is -2.47. The van der Waals surface area contributed by atoms with Crippen LogP contribution in [0.3, 0.4) is 0 Å². The van der Waals surface area contributed by atoms with E-state index in [-0.39, 0.29) is 17.9 Å². The highest BCUT2D eigenvalue weighted by molar-refractivity contribution is 5.78. The number of hydrogen-bond acceptors (Lipinski definition) is 3. The normalized spacial score (nSPS) is 33.1. The molecule has 0 aromatic heterocycles. The highest BCUT2D eigenvalue weighted by Gasteiger charge is 2.29. The Labute approximate surface area is 116 Å². The zero-order valence-corrected chi connectivity index (χ0v) is 12.3. The number of nitrogens with zero attached hydrogens (tertiary/aromatic N) is 2. The topological polar surface area (TPSA) is 43.8 Å².